The second-order valence-electron chi connectivity index (χ2n) is 3.32. The van der Waals surface area contributed by atoms with Crippen LogP contribution >= 0.6 is 12.4 Å². The van der Waals surface area contributed by atoms with Gasteiger partial charge in [0.1, 0.15) is 6.04 Å². The summed E-state index contributed by atoms with van der Waals surface area (Å²) in [4.78, 5) is 10.5. The van der Waals surface area contributed by atoms with Crippen LogP contribution in [0.4, 0.5) is 0 Å². The molecule has 0 amide bonds. The fourth-order valence-electron chi connectivity index (χ4n) is 1.98. The summed E-state index contributed by atoms with van der Waals surface area (Å²) >= 11 is 0. The average Bonchev–Trinajstić information content (AvgIpc) is 1.86. The summed E-state index contributed by atoms with van der Waals surface area (Å²) in [5.41, 5.74) is 0. The summed E-state index contributed by atoms with van der Waals surface area (Å²) in [6, 6.07) is -0.245. The zero-order valence-electron chi connectivity index (χ0n) is 6.12. The summed E-state index contributed by atoms with van der Waals surface area (Å²) in [7, 11) is 0. The van der Waals surface area contributed by atoms with E-state index in [1.807, 2.05) is 0 Å². The van der Waals surface area contributed by atoms with Crippen LogP contribution in [0.15, 0.2) is 0 Å². The number of halogens is 1. The van der Waals surface area contributed by atoms with E-state index in [0.29, 0.717) is 5.92 Å². The lowest BCUT2D eigenvalue weighted by Crippen LogP contribution is -2.56. The van der Waals surface area contributed by atoms with Crippen LogP contribution in [0, 0.1) is 11.8 Å². The molecule has 1 aliphatic carbocycles. The maximum Gasteiger partial charge on any atom is 0.320 e. The topological polar surface area (TPSA) is 49.3 Å². The molecular weight excluding hydrogens is 166 g/mol. The number of rotatable bonds is 1. The van der Waals surface area contributed by atoms with Crippen molar-refractivity contribution in [2.24, 2.45) is 11.8 Å². The van der Waals surface area contributed by atoms with E-state index in [4.69, 9.17) is 5.11 Å². The van der Waals surface area contributed by atoms with Crippen LogP contribution in [0.5, 0.6) is 0 Å². The molecule has 1 atom stereocenters. The van der Waals surface area contributed by atoms with Gasteiger partial charge in [-0.15, -0.1) is 12.4 Å². The minimum absolute atomic E-state index is 0. The highest BCUT2D eigenvalue weighted by Gasteiger charge is 2.42. The van der Waals surface area contributed by atoms with Gasteiger partial charge in [0.25, 0.3) is 0 Å². The Kier molecular flexibility index (Phi) is 2.40. The maximum atomic E-state index is 10.5. The monoisotopic (exact) mass is 177 g/mol. The number of fused-ring (bicyclic) bond motifs is 2. The van der Waals surface area contributed by atoms with Crippen LogP contribution in [0.2, 0.25) is 0 Å². The van der Waals surface area contributed by atoms with E-state index in [1.165, 1.54) is 0 Å². The molecule has 0 aromatic rings. The highest BCUT2D eigenvalue weighted by atomic mass is 35.5. The Hall–Kier alpha value is -0.280. The quantitative estimate of drug-likeness (QED) is 0.613. The number of hydrogen-bond acceptors (Lipinski definition) is 2. The predicted molar refractivity (Wildman–Crippen MR) is 42.9 cm³/mol. The van der Waals surface area contributed by atoms with Gasteiger partial charge >= 0.3 is 5.97 Å². The van der Waals surface area contributed by atoms with Crippen molar-refractivity contribution in [3.8, 4) is 0 Å². The van der Waals surface area contributed by atoms with E-state index in [1.54, 1.807) is 0 Å². The molecule has 11 heavy (non-hydrogen) atoms. The van der Waals surface area contributed by atoms with Crippen LogP contribution < -0.4 is 5.32 Å². The van der Waals surface area contributed by atoms with Crippen LogP contribution in [-0.2, 0) is 4.79 Å². The van der Waals surface area contributed by atoms with Gasteiger partial charge in [0.05, 0.1) is 0 Å². The Morgan fingerprint density at radius 2 is 2.09 bits per heavy atom. The minimum atomic E-state index is -0.678. The Balaban J connectivity index is 0.000000605. The van der Waals surface area contributed by atoms with Crippen molar-refractivity contribution in [2.45, 2.75) is 18.9 Å². The molecule has 3 rings (SSSR count). The third-order valence-corrected chi connectivity index (χ3v) is 2.64. The summed E-state index contributed by atoms with van der Waals surface area (Å²) < 4.78 is 0. The number of hydrogen-bond donors (Lipinski definition) is 2. The van der Waals surface area contributed by atoms with Gasteiger partial charge in [0.15, 0.2) is 0 Å². The molecule has 64 valence electrons. The molecule has 2 N–H and O–H groups in total. The van der Waals surface area contributed by atoms with Crippen molar-refractivity contribution < 1.29 is 9.90 Å². The summed E-state index contributed by atoms with van der Waals surface area (Å²) in [6.45, 7) is 0.910. The van der Waals surface area contributed by atoms with E-state index in [0.717, 1.165) is 25.3 Å². The molecule has 1 saturated carbocycles. The van der Waals surface area contributed by atoms with Crippen molar-refractivity contribution in [1.82, 2.24) is 5.32 Å². The molecular formula is C7H12ClNO2. The van der Waals surface area contributed by atoms with E-state index in [9.17, 15) is 4.79 Å². The van der Waals surface area contributed by atoms with Crippen molar-refractivity contribution >= 4 is 18.4 Å². The van der Waals surface area contributed by atoms with Crippen LogP contribution in [0.3, 0.4) is 0 Å². The molecule has 0 aromatic carbocycles. The summed E-state index contributed by atoms with van der Waals surface area (Å²) in [5.74, 6) is 0.528. The van der Waals surface area contributed by atoms with Gasteiger partial charge in [0, 0.05) is 0 Å². The normalized spacial score (nSPS) is 40.2. The van der Waals surface area contributed by atoms with Gasteiger partial charge in [-0.1, -0.05) is 0 Å². The lowest BCUT2D eigenvalue weighted by atomic mass is 9.68. The van der Waals surface area contributed by atoms with Gasteiger partial charge < -0.3 is 10.4 Å². The van der Waals surface area contributed by atoms with Crippen LogP contribution in [0.1, 0.15) is 12.8 Å². The predicted octanol–water partition coefficient (Wildman–Crippen LogP) is 0.491. The van der Waals surface area contributed by atoms with E-state index >= 15 is 0 Å². The number of carboxylic acid groups (broad SMARTS) is 1. The molecule has 0 radical (unpaired) electrons. The molecule has 4 heteroatoms. The number of piperidine rings is 2. The Morgan fingerprint density at radius 1 is 1.45 bits per heavy atom. The first-order valence-corrected chi connectivity index (χ1v) is 3.73. The Bertz CT molecular complexity index is 165. The number of carbonyl (C=O) groups is 1. The van der Waals surface area contributed by atoms with Gasteiger partial charge in [0.2, 0.25) is 0 Å². The Morgan fingerprint density at radius 3 is 2.36 bits per heavy atom. The lowest BCUT2D eigenvalue weighted by molar-refractivity contribution is -0.144. The minimum Gasteiger partial charge on any atom is -0.480 e. The van der Waals surface area contributed by atoms with Crippen molar-refractivity contribution in [3.63, 3.8) is 0 Å². The third kappa shape index (κ3) is 1.35. The molecule has 0 aromatic heterocycles. The molecule has 3 fully saturated rings. The molecule has 1 unspecified atom stereocenters. The Labute approximate surface area is 71.6 Å². The standard InChI is InChI=1S/C7H11NO2.ClH/c9-7(10)6-5-1-4(2-5)3-8-6;/h4-6,8H,1-3H2,(H,9,10);1H. The van der Waals surface area contributed by atoms with Crippen molar-refractivity contribution in [1.29, 1.82) is 0 Å². The van der Waals surface area contributed by atoms with Gasteiger partial charge in [-0.2, -0.15) is 0 Å². The largest absolute Gasteiger partial charge is 0.480 e. The fraction of sp³-hybridized carbons (Fsp3) is 0.857. The van der Waals surface area contributed by atoms with Crippen LogP contribution in [0.25, 0.3) is 0 Å². The number of carboxylic acids is 1. The molecule has 2 heterocycles. The third-order valence-electron chi connectivity index (χ3n) is 2.64. The second kappa shape index (κ2) is 2.99. The lowest BCUT2D eigenvalue weighted by Gasteiger charge is -2.45. The van der Waals surface area contributed by atoms with E-state index < -0.39 is 5.97 Å². The van der Waals surface area contributed by atoms with Crippen molar-refractivity contribution in [3.05, 3.63) is 0 Å². The van der Waals surface area contributed by atoms with Crippen LogP contribution in [-0.4, -0.2) is 23.7 Å². The SMILES string of the molecule is Cl.O=C(O)C1NCC2CC1C2. The highest BCUT2D eigenvalue weighted by molar-refractivity contribution is 5.85. The van der Waals surface area contributed by atoms with E-state index in [2.05, 4.69) is 5.32 Å². The smallest absolute Gasteiger partial charge is 0.320 e. The first kappa shape index (κ1) is 8.81. The molecule has 2 saturated heterocycles. The average molecular weight is 178 g/mol. The number of aliphatic carboxylic acids is 1. The first-order chi connectivity index (χ1) is 4.77. The molecule has 2 bridgehead atoms. The fourth-order valence-corrected chi connectivity index (χ4v) is 1.98. The summed E-state index contributed by atoms with van der Waals surface area (Å²) in [6.07, 6.45) is 2.26. The van der Waals surface area contributed by atoms with Gasteiger partial charge in [-0.05, 0) is 31.2 Å². The molecule has 3 nitrogen and oxygen atoms in total. The molecule has 3 aliphatic rings. The molecule has 0 spiro atoms. The first-order valence-electron chi connectivity index (χ1n) is 3.73. The zero-order valence-corrected chi connectivity index (χ0v) is 6.93. The summed E-state index contributed by atoms with van der Waals surface area (Å²) in [5, 5.41) is 11.7. The highest BCUT2D eigenvalue weighted by Crippen LogP contribution is 2.39. The maximum absolute atomic E-state index is 10.5. The van der Waals surface area contributed by atoms with Crippen molar-refractivity contribution in [2.75, 3.05) is 6.54 Å². The van der Waals surface area contributed by atoms with Gasteiger partial charge in [-0.25, -0.2) is 0 Å². The zero-order chi connectivity index (χ0) is 7.14. The second-order valence-corrected chi connectivity index (χ2v) is 3.32. The molecule has 2 aliphatic heterocycles. The van der Waals surface area contributed by atoms with Gasteiger partial charge in [-0.3, -0.25) is 4.79 Å². The van der Waals surface area contributed by atoms with E-state index in [-0.39, 0.29) is 18.4 Å². The number of nitrogens with one attached hydrogen (secondary N) is 1.